The lowest BCUT2D eigenvalue weighted by molar-refractivity contribution is 0.502. The maximum absolute atomic E-state index is 10.4. The van der Waals surface area contributed by atoms with Gasteiger partial charge in [-0.1, -0.05) is 23.7 Å². The molecule has 4 nitrogen and oxygen atoms in total. The van der Waals surface area contributed by atoms with Crippen molar-refractivity contribution < 1.29 is 5.11 Å². The number of aliphatic hydroxyl groups is 1. The number of rotatable bonds is 2. The van der Waals surface area contributed by atoms with Gasteiger partial charge in [-0.2, -0.15) is 10.4 Å². The molecule has 5 heteroatoms. The van der Waals surface area contributed by atoms with Gasteiger partial charge in [-0.3, -0.25) is 4.68 Å². The number of nitriles is 1. The number of aromatic nitrogens is 2. The van der Waals surface area contributed by atoms with Gasteiger partial charge in [0.15, 0.2) is 5.76 Å². The third kappa shape index (κ3) is 2.40. The molecule has 20 heavy (non-hydrogen) atoms. The van der Waals surface area contributed by atoms with Crippen LogP contribution >= 0.6 is 11.6 Å². The van der Waals surface area contributed by atoms with Crippen LogP contribution in [0.5, 0.6) is 0 Å². The Morgan fingerprint density at radius 1 is 1.30 bits per heavy atom. The lowest BCUT2D eigenvalue weighted by Gasteiger charge is -2.07. The molecule has 1 heterocycles. The van der Waals surface area contributed by atoms with Gasteiger partial charge in [0.25, 0.3) is 0 Å². The van der Waals surface area contributed by atoms with E-state index in [0.29, 0.717) is 16.3 Å². The summed E-state index contributed by atoms with van der Waals surface area (Å²) in [6.07, 6.45) is 0. The SMILES string of the molecule is Cc1nn(C)c(C(O)=C(C#N)c2ccc(Cl)cc2)c1C. The van der Waals surface area contributed by atoms with Crippen LogP contribution in [0.15, 0.2) is 24.3 Å². The molecule has 1 aromatic heterocycles. The Morgan fingerprint density at radius 3 is 2.35 bits per heavy atom. The second-order valence-corrected chi connectivity index (χ2v) is 4.96. The largest absolute Gasteiger partial charge is 0.504 e. The Bertz CT molecular complexity index is 721. The van der Waals surface area contributed by atoms with E-state index in [-0.39, 0.29) is 11.3 Å². The smallest absolute Gasteiger partial charge is 0.159 e. The van der Waals surface area contributed by atoms with Gasteiger partial charge in [0, 0.05) is 17.6 Å². The predicted molar refractivity (Wildman–Crippen MR) is 79.2 cm³/mol. The monoisotopic (exact) mass is 287 g/mol. The molecule has 0 radical (unpaired) electrons. The van der Waals surface area contributed by atoms with Gasteiger partial charge >= 0.3 is 0 Å². The van der Waals surface area contributed by atoms with Crippen molar-refractivity contribution >= 4 is 22.9 Å². The van der Waals surface area contributed by atoms with Crippen LogP contribution in [-0.2, 0) is 7.05 Å². The molecule has 0 saturated heterocycles. The maximum Gasteiger partial charge on any atom is 0.159 e. The molecular formula is C15H14ClN3O. The summed E-state index contributed by atoms with van der Waals surface area (Å²) in [7, 11) is 1.74. The molecule has 0 saturated carbocycles. The summed E-state index contributed by atoms with van der Waals surface area (Å²) in [5, 5.41) is 24.6. The number of hydrogen-bond donors (Lipinski definition) is 1. The fourth-order valence-electron chi connectivity index (χ4n) is 2.08. The highest BCUT2D eigenvalue weighted by atomic mass is 35.5. The third-order valence-electron chi connectivity index (χ3n) is 3.23. The number of nitrogens with zero attached hydrogens (tertiary/aromatic N) is 3. The van der Waals surface area contributed by atoms with Crippen LogP contribution in [0.1, 0.15) is 22.5 Å². The minimum absolute atomic E-state index is 0.0737. The van der Waals surface area contributed by atoms with Crippen molar-refractivity contribution in [1.82, 2.24) is 9.78 Å². The first kappa shape index (κ1) is 14.2. The number of aliphatic hydroxyl groups excluding tert-OH is 1. The second-order valence-electron chi connectivity index (χ2n) is 4.52. The van der Waals surface area contributed by atoms with E-state index in [9.17, 15) is 10.4 Å². The van der Waals surface area contributed by atoms with Gasteiger partial charge in [0.1, 0.15) is 17.3 Å². The summed E-state index contributed by atoms with van der Waals surface area (Å²) >= 11 is 5.83. The average Bonchev–Trinajstić information content (AvgIpc) is 2.66. The van der Waals surface area contributed by atoms with Crippen molar-refractivity contribution in [1.29, 1.82) is 5.26 Å². The van der Waals surface area contributed by atoms with Gasteiger partial charge < -0.3 is 5.11 Å². The summed E-state index contributed by atoms with van der Waals surface area (Å²) < 4.78 is 1.58. The highest BCUT2D eigenvalue weighted by Crippen LogP contribution is 2.27. The molecule has 0 bridgehead atoms. The van der Waals surface area contributed by atoms with E-state index in [0.717, 1.165) is 11.3 Å². The minimum atomic E-state index is -0.0737. The zero-order chi connectivity index (χ0) is 14.9. The van der Waals surface area contributed by atoms with Gasteiger partial charge in [0.05, 0.1) is 5.69 Å². The second kappa shape index (κ2) is 5.40. The summed E-state index contributed by atoms with van der Waals surface area (Å²) in [4.78, 5) is 0. The molecule has 1 N–H and O–H groups in total. The Balaban J connectivity index is 2.64. The lowest BCUT2D eigenvalue weighted by atomic mass is 10.0. The van der Waals surface area contributed by atoms with Crippen LogP contribution in [0.25, 0.3) is 11.3 Å². The highest BCUT2D eigenvalue weighted by Gasteiger charge is 2.18. The molecule has 0 atom stereocenters. The zero-order valence-corrected chi connectivity index (χ0v) is 12.2. The lowest BCUT2D eigenvalue weighted by Crippen LogP contribution is -2.00. The normalized spacial score (nSPS) is 11.9. The molecule has 0 amide bonds. The van der Waals surface area contributed by atoms with Gasteiger partial charge in [-0.15, -0.1) is 0 Å². The van der Waals surface area contributed by atoms with E-state index in [4.69, 9.17) is 11.6 Å². The molecule has 0 fully saturated rings. The Hall–Kier alpha value is -2.25. The number of allylic oxidation sites excluding steroid dienone is 1. The van der Waals surface area contributed by atoms with Crippen LogP contribution in [-0.4, -0.2) is 14.9 Å². The van der Waals surface area contributed by atoms with Crippen LogP contribution in [0.2, 0.25) is 5.02 Å². The number of aryl methyl sites for hydroxylation is 2. The number of halogens is 1. The van der Waals surface area contributed by atoms with E-state index in [1.54, 1.807) is 36.0 Å². The van der Waals surface area contributed by atoms with Crippen molar-refractivity contribution in [2.24, 2.45) is 7.05 Å². The fourth-order valence-corrected chi connectivity index (χ4v) is 2.21. The Kier molecular flexibility index (Phi) is 3.82. The van der Waals surface area contributed by atoms with Gasteiger partial charge in [-0.25, -0.2) is 0 Å². The Morgan fingerprint density at radius 2 is 1.90 bits per heavy atom. The molecule has 1 aromatic carbocycles. The molecule has 0 spiro atoms. The summed E-state index contributed by atoms with van der Waals surface area (Å²) in [6.45, 7) is 3.73. The van der Waals surface area contributed by atoms with Crippen LogP contribution in [0.4, 0.5) is 0 Å². The zero-order valence-electron chi connectivity index (χ0n) is 11.5. The van der Waals surface area contributed by atoms with Crippen LogP contribution in [0, 0.1) is 25.2 Å². The number of benzene rings is 1. The molecular weight excluding hydrogens is 274 g/mol. The summed E-state index contributed by atoms with van der Waals surface area (Å²) in [5.41, 5.74) is 3.04. The standard InChI is InChI=1S/C15H14ClN3O/c1-9-10(2)18-19(3)14(9)15(20)13(8-17)11-4-6-12(16)7-5-11/h4-7,20H,1-3H3. The van der Waals surface area contributed by atoms with Crippen molar-refractivity contribution in [3.05, 3.63) is 51.8 Å². The summed E-state index contributed by atoms with van der Waals surface area (Å²) in [5.74, 6) is -0.0737. The number of hydrogen-bond acceptors (Lipinski definition) is 3. The van der Waals surface area contributed by atoms with Crippen molar-refractivity contribution in [2.75, 3.05) is 0 Å². The molecule has 2 aromatic rings. The minimum Gasteiger partial charge on any atom is -0.504 e. The maximum atomic E-state index is 10.4. The van der Waals surface area contributed by atoms with Crippen molar-refractivity contribution in [3.8, 4) is 6.07 Å². The first-order valence-electron chi connectivity index (χ1n) is 6.05. The van der Waals surface area contributed by atoms with Crippen molar-refractivity contribution in [2.45, 2.75) is 13.8 Å². The van der Waals surface area contributed by atoms with E-state index in [1.165, 1.54) is 0 Å². The molecule has 102 valence electrons. The predicted octanol–water partition coefficient (Wildman–Crippen LogP) is 3.64. The van der Waals surface area contributed by atoms with E-state index in [1.807, 2.05) is 19.9 Å². The summed E-state index contributed by atoms with van der Waals surface area (Å²) in [6, 6.07) is 8.82. The van der Waals surface area contributed by atoms with Gasteiger partial charge in [0.2, 0.25) is 0 Å². The van der Waals surface area contributed by atoms with E-state index >= 15 is 0 Å². The first-order chi connectivity index (χ1) is 9.45. The van der Waals surface area contributed by atoms with E-state index < -0.39 is 0 Å². The van der Waals surface area contributed by atoms with Crippen LogP contribution < -0.4 is 0 Å². The third-order valence-corrected chi connectivity index (χ3v) is 3.48. The van der Waals surface area contributed by atoms with Crippen molar-refractivity contribution in [3.63, 3.8) is 0 Å². The quantitative estimate of drug-likeness (QED) is 0.677. The fraction of sp³-hybridized carbons (Fsp3) is 0.200. The van der Waals surface area contributed by atoms with Crippen LogP contribution in [0.3, 0.4) is 0 Å². The molecule has 0 unspecified atom stereocenters. The first-order valence-corrected chi connectivity index (χ1v) is 6.43. The van der Waals surface area contributed by atoms with Gasteiger partial charge in [-0.05, 0) is 31.5 Å². The molecule has 0 aliphatic rings. The highest BCUT2D eigenvalue weighted by molar-refractivity contribution is 6.30. The molecule has 0 aliphatic heterocycles. The average molecular weight is 288 g/mol. The van der Waals surface area contributed by atoms with E-state index in [2.05, 4.69) is 5.10 Å². The topological polar surface area (TPSA) is 61.8 Å². The Labute approximate surface area is 122 Å². The molecule has 0 aliphatic carbocycles. The molecule has 2 rings (SSSR count).